The van der Waals surface area contributed by atoms with Crippen molar-refractivity contribution in [3.63, 3.8) is 0 Å². The van der Waals surface area contributed by atoms with Gasteiger partial charge in [-0.1, -0.05) is 0 Å². The van der Waals surface area contributed by atoms with Crippen molar-refractivity contribution in [1.82, 2.24) is 19.5 Å². The lowest BCUT2D eigenvalue weighted by Crippen LogP contribution is -2.19. The number of imidazole rings is 1. The van der Waals surface area contributed by atoms with Gasteiger partial charge in [0, 0.05) is 0 Å². The second kappa shape index (κ2) is 5.30. The molecule has 1 aliphatic rings. The highest BCUT2D eigenvalue weighted by Crippen LogP contribution is 2.38. The first-order valence-corrected chi connectivity index (χ1v) is 7.57. The second-order valence-electron chi connectivity index (χ2n) is 4.48. The summed E-state index contributed by atoms with van der Waals surface area (Å²) >= 11 is 0. The highest BCUT2D eigenvalue weighted by atomic mass is 31.2. The van der Waals surface area contributed by atoms with E-state index in [4.69, 9.17) is 20.3 Å². The molecule has 11 nitrogen and oxygen atoms in total. The van der Waals surface area contributed by atoms with Gasteiger partial charge in [0.1, 0.15) is 36.6 Å². The Bertz CT molecular complexity index is 785. The first-order valence-electron chi connectivity index (χ1n) is 6.03. The maximum atomic E-state index is 10.7. The van der Waals surface area contributed by atoms with Crippen LogP contribution in [0.2, 0.25) is 0 Å². The Kier molecular flexibility index (Phi) is 3.59. The zero-order valence-electron chi connectivity index (χ0n) is 11.0. The van der Waals surface area contributed by atoms with Crippen molar-refractivity contribution < 1.29 is 28.7 Å². The van der Waals surface area contributed by atoms with Gasteiger partial charge >= 0.3 is 7.82 Å². The number of nitrogens with two attached hydrogens (primary N) is 1. The third kappa shape index (κ3) is 2.80. The van der Waals surface area contributed by atoms with Crippen LogP contribution >= 0.6 is 7.82 Å². The molecule has 0 saturated heterocycles. The van der Waals surface area contributed by atoms with Gasteiger partial charge in [-0.25, -0.2) is 19.5 Å². The van der Waals surface area contributed by atoms with Crippen molar-refractivity contribution in [3.8, 4) is 0 Å². The van der Waals surface area contributed by atoms with Crippen molar-refractivity contribution in [2.75, 3.05) is 12.3 Å². The van der Waals surface area contributed by atoms with E-state index in [0.29, 0.717) is 11.2 Å². The predicted molar refractivity (Wildman–Crippen MR) is 71.9 cm³/mol. The van der Waals surface area contributed by atoms with Crippen molar-refractivity contribution in [1.29, 1.82) is 0 Å². The summed E-state index contributed by atoms with van der Waals surface area (Å²) in [6.07, 6.45) is 1.96. The Labute approximate surface area is 123 Å². The molecule has 118 valence electrons. The Morgan fingerprint density at radius 1 is 1.41 bits per heavy atom. The van der Waals surface area contributed by atoms with Crippen LogP contribution in [0, 0.1) is 0 Å². The molecule has 1 aliphatic heterocycles. The maximum Gasteiger partial charge on any atom is 0.470 e. The first kappa shape index (κ1) is 14.9. The summed E-state index contributed by atoms with van der Waals surface area (Å²) in [6, 6.07) is 0. The summed E-state index contributed by atoms with van der Waals surface area (Å²) in [7, 11) is -4.62. The van der Waals surface area contributed by atoms with Crippen LogP contribution in [0.1, 0.15) is 6.23 Å². The third-order valence-electron chi connectivity index (χ3n) is 2.96. The monoisotopic (exact) mass is 329 g/mol. The summed E-state index contributed by atoms with van der Waals surface area (Å²) < 4.78 is 21.9. The molecule has 0 amide bonds. The van der Waals surface area contributed by atoms with Gasteiger partial charge in [0.15, 0.2) is 11.5 Å². The Hall–Kier alpha value is -2.04. The van der Waals surface area contributed by atoms with Crippen molar-refractivity contribution in [2.24, 2.45) is 0 Å². The fraction of sp³-hybridized carbons (Fsp3) is 0.300. The minimum atomic E-state index is -4.62. The largest absolute Gasteiger partial charge is 0.470 e. The summed E-state index contributed by atoms with van der Waals surface area (Å²) in [5.74, 6) is 0.277. The molecule has 0 unspecified atom stereocenters. The molecule has 0 spiro atoms. The van der Waals surface area contributed by atoms with Gasteiger partial charge in [-0.05, 0) is 6.08 Å². The maximum absolute atomic E-state index is 10.7. The summed E-state index contributed by atoms with van der Waals surface area (Å²) in [5.41, 5.74) is 6.40. The summed E-state index contributed by atoms with van der Waals surface area (Å²) in [5, 5.41) is 10.0. The van der Waals surface area contributed by atoms with Gasteiger partial charge in [-0.3, -0.25) is 9.09 Å². The SMILES string of the molecule is Nc1ncnc2c1ncn2[C@@H]1OC(COP(=O)(O)O)=C[C@@H]1O. The highest BCUT2D eigenvalue weighted by Gasteiger charge is 2.32. The van der Waals surface area contributed by atoms with Crippen LogP contribution in [-0.4, -0.2) is 47.1 Å². The van der Waals surface area contributed by atoms with Crippen LogP contribution < -0.4 is 5.73 Å². The van der Waals surface area contributed by atoms with E-state index in [-0.39, 0.29) is 11.6 Å². The number of ether oxygens (including phenoxy) is 1. The van der Waals surface area contributed by atoms with Gasteiger partial charge in [0.25, 0.3) is 0 Å². The molecule has 0 saturated carbocycles. The zero-order valence-corrected chi connectivity index (χ0v) is 11.9. The number of aliphatic hydroxyl groups is 1. The standard InChI is InChI=1S/C10H12N5O6P/c11-8-7-9(13-3-12-8)15(4-14-7)10-6(16)1-5(21-10)2-20-22(17,18)19/h1,3-4,6,10,16H,2H2,(H2,11,12,13)(H2,17,18,19)/t6-,10+/m0/s1. The number of fused-ring (bicyclic) bond motifs is 1. The quantitative estimate of drug-likeness (QED) is 0.526. The Morgan fingerprint density at radius 2 is 2.18 bits per heavy atom. The molecule has 2 aromatic heterocycles. The number of phosphoric ester groups is 1. The fourth-order valence-corrected chi connectivity index (χ4v) is 2.34. The number of hydrogen-bond donors (Lipinski definition) is 4. The molecule has 3 rings (SSSR count). The van der Waals surface area contributed by atoms with E-state index in [0.717, 1.165) is 0 Å². The van der Waals surface area contributed by atoms with Crippen molar-refractivity contribution in [3.05, 3.63) is 24.5 Å². The van der Waals surface area contributed by atoms with E-state index in [1.807, 2.05) is 0 Å². The number of hydrogen-bond acceptors (Lipinski definition) is 8. The van der Waals surface area contributed by atoms with Gasteiger partial charge in [0.05, 0.1) is 0 Å². The van der Waals surface area contributed by atoms with E-state index in [9.17, 15) is 9.67 Å². The molecule has 0 bridgehead atoms. The minimum absolute atomic E-state index is 0.0877. The molecular formula is C10H12N5O6P. The molecule has 0 aromatic carbocycles. The van der Waals surface area contributed by atoms with Crippen LogP contribution in [0.5, 0.6) is 0 Å². The molecule has 0 fully saturated rings. The van der Waals surface area contributed by atoms with Crippen LogP contribution in [0.4, 0.5) is 5.82 Å². The number of phosphoric acid groups is 1. The lowest BCUT2D eigenvalue weighted by molar-refractivity contribution is -0.00503. The number of aliphatic hydroxyl groups excluding tert-OH is 1. The molecule has 2 aromatic rings. The van der Waals surface area contributed by atoms with Gasteiger partial charge in [0.2, 0.25) is 6.23 Å². The van der Waals surface area contributed by atoms with E-state index >= 15 is 0 Å². The lowest BCUT2D eigenvalue weighted by Gasteiger charge is -2.17. The van der Waals surface area contributed by atoms with Crippen LogP contribution in [0.3, 0.4) is 0 Å². The van der Waals surface area contributed by atoms with E-state index in [1.165, 1.54) is 23.3 Å². The number of nitrogens with zero attached hydrogens (tertiary/aromatic N) is 4. The molecule has 22 heavy (non-hydrogen) atoms. The zero-order chi connectivity index (χ0) is 15.9. The summed E-state index contributed by atoms with van der Waals surface area (Å²) in [6.45, 7) is -0.471. The average Bonchev–Trinajstić information content (AvgIpc) is 3.00. The summed E-state index contributed by atoms with van der Waals surface area (Å²) in [4.78, 5) is 29.2. The topological polar surface area (TPSA) is 166 Å². The van der Waals surface area contributed by atoms with Gasteiger partial charge in [-0.15, -0.1) is 0 Å². The van der Waals surface area contributed by atoms with E-state index < -0.39 is 26.8 Å². The van der Waals surface area contributed by atoms with Crippen LogP contribution in [0.25, 0.3) is 11.2 Å². The van der Waals surface area contributed by atoms with Crippen LogP contribution in [0.15, 0.2) is 24.5 Å². The van der Waals surface area contributed by atoms with E-state index in [1.54, 1.807) is 0 Å². The first-order chi connectivity index (χ1) is 10.3. The Balaban J connectivity index is 1.82. The third-order valence-corrected chi connectivity index (χ3v) is 3.42. The fourth-order valence-electron chi connectivity index (χ4n) is 2.04. The molecule has 0 radical (unpaired) electrons. The predicted octanol–water partition coefficient (Wildman–Crippen LogP) is -0.709. The highest BCUT2D eigenvalue weighted by molar-refractivity contribution is 7.46. The number of nitrogen functional groups attached to an aromatic ring is 1. The molecule has 12 heteroatoms. The number of aromatic nitrogens is 4. The molecule has 3 heterocycles. The molecule has 5 N–H and O–H groups in total. The smallest absolute Gasteiger partial charge is 0.469 e. The normalized spacial score (nSPS) is 21.9. The average molecular weight is 329 g/mol. The van der Waals surface area contributed by atoms with Crippen LogP contribution in [-0.2, 0) is 13.8 Å². The van der Waals surface area contributed by atoms with E-state index in [2.05, 4.69) is 19.5 Å². The molecule has 2 atom stereocenters. The number of rotatable bonds is 4. The minimum Gasteiger partial charge on any atom is -0.469 e. The van der Waals surface area contributed by atoms with Crippen molar-refractivity contribution in [2.45, 2.75) is 12.3 Å². The number of anilines is 1. The van der Waals surface area contributed by atoms with Gasteiger partial charge in [-0.2, -0.15) is 0 Å². The molecule has 0 aliphatic carbocycles. The lowest BCUT2D eigenvalue weighted by atomic mass is 10.3. The van der Waals surface area contributed by atoms with Gasteiger partial charge < -0.3 is 25.4 Å². The second-order valence-corrected chi connectivity index (χ2v) is 5.72. The van der Waals surface area contributed by atoms with Crippen molar-refractivity contribution >= 4 is 24.8 Å². The Morgan fingerprint density at radius 3 is 2.91 bits per heavy atom. The molecular weight excluding hydrogens is 317 g/mol.